The third-order valence-electron chi connectivity index (χ3n) is 3.37. The molecule has 0 aromatic carbocycles. The first kappa shape index (κ1) is 14.6. The summed E-state index contributed by atoms with van der Waals surface area (Å²) in [5.41, 5.74) is -0.479. The Morgan fingerprint density at radius 3 is 2.90 bits per heavy atom. The van der Waals surface area contributed by atoms with Crippen molar-refractivity contribution in [3.8, 4) is 0 Å². The minimum Gasteiger partial charge on any atom is -0.478 e. The van der Waals surface area contributed by atoms with E-state index in [1.807, 2.05) is 0 Å². The maximum Gasteiger partial charge on any atom is 0.339 e. The molecule has 20 heavy (non-hydrogen) atoms. The predicted octanol–water partition coefficient (Wildman–Crippen LogP) is 2.38. The molecule has 1 aromatic heterocycles. The van der Waals surface area contributed by atoms with Gasteiger partial charge in [-0.15, -0.1) is 0 Å². The van der Waals surface area contributed by atoms with Crippen molar-refractivity contribution >= 4 is 29.2 Å². The van der Waals surface area contributed by atoms with E-state index in [9.17, 15) is 14.9 Å². The highest BCUT2D eigenvalue weighted by molar-refractivity contribution is 7.99. The average molecular weight is 297 g/mol. The van der Waals surface area contributed by atoms with E-state index in [0.29, 0.717) is 5.25 Å². The number of rotatable bonds is 5. The molecule has 8 heteroatoms. The zero-order valence-corrected chi connectivity index (χ0v) is 11.7. The zero-order chi connectivity index (χ0) is 14.7. The van der Waals surface area contributed by atoms with E-state index in [-0.39, 0.29) is 23.1 Å². The smallest absolute Gasteiger partial charge is 0.339 e. The molecule has 2 rings (SSSR count). The standard InChI is InChI=1S/C12H15N3O4S/c1-20-9-3-2-7(4-9)14-11-10(12(16)17)5-8(6-13-11)15(18)19/h5-7,9H,2-4H2,1H3,(H,13,14)(H,16,17). The van der Waals surface area contributed by atoms with Crippen molar-refractivity contribution in [3.63, 3.8) is 0 Å². The third-order valence-corrected chi connectivity index (χ3v) is 4.47. The first-order valence-corrected chi connectivity index (χ1v) is 7.47. The lowest BCUT2D eigenvalue weighted by molar-refractivity contribution is -0.385. The second-order valence-electron chi connectivity index (χ2n) is 4.66. The number of nitrogens with zero attached hydrogens (tertiary/aromatic N) is 2. The molecular weight excluding hydrogens is 282 g/mol. The summed E-state index contributed by atoms with van der Waals surface area (Å²) in [6, 6.07) is 1.21. The van der Waals surface area contributed by atoms with Gasteiger partial charge in [0, 0.05) is 17.4 Å². The zero-order valence-electron chi connectivity index (χ0n) is 10.9. The fraction of sp³-hybridized carbons (Fsp3) is 0.500. The molecule has 0 radical (unpaired) electrons. The first-order chi connectivity index (χ1) is 9.51. The summed E-state index contributed by atoms with van der Waals surface area (Å²) in [5.74, 6) is -1.02. The molecule has 0 bridgehead atoms. The van der Waals surface area contributed by atoms with Crippen molar-refractivity contribution in [1.82, 2.24) is 4.98 Å². The summed E-state index contributed by atoms with van der Waals surface area (Å²) in [7, 11) is 0. The normalized spacial score (nSPS) is 21.6. The number of nitrogens with one attached hydrogen (secondary N) is 1. The van der Waals surface area contributed by atoms with Gasteiger partial charge in [0.1, 0.15) is 17.6 Å². The number of thioether (sulfide) groups is 1. The second-order valence-corrected chi connectivity index (χ2v) is 5.80. The summed E-state index contributed by atoms with van der Waals surface area (Å²) in [6.07, 6.45) is 6.10. The Kier molecular flexibility index (Phi) is 4.43. The number of anilines is 1. The summed E-state index contributed by atoms with van der Waals surface area (Å²) in [4.78, 5) is 25.1. The van der Waals surface area contributed by atoms with Crippen molar-refractivity contribution in [1.29, 1.82) is 0 Å². The quantitative estimate of drug-likeness (QED) is 0.635. The number of carbonyl (C=O) groups is 1. The molecule has 1 fully saturated rings. The van der Waals surface area contributed by atoms with E-state index in [1.54, 1.807) is 11.8 Å². The number of aromatic nitrogens is 1. The lowest BCUT2D eigenvalue weighted by Crippen LogP contribution is -2.19. The van der Waals surface area contributed by atoms with Crippen LogP contribution in [0.1, 0.15) is 29.6 Å². The second kappa shape index (κ2) is 6.08. The summed E-state index contributed by atoms with van der Waals surface area (Å²) >= 11 is 1.80. The van der Waals surface area contributed by atoms with Crippen LogP contribution in [0.5, 0.6) is 0 Å². The van der Waals surface area contributed by atoms with Gasteiger partial charge in [0.25, 0.3) is 5.69 Å². The number of aromatic carboxylic acids is 1. The minimum atomic E-state index is -1.22. The molecule has 2 unspecified atom stereocenters. The van der Waals surface area contributed by atoms with Crippen LogP contribution in [0.4, 0.5) is 11.5 Å². The number of hydrogen-bond donors (Lipinski definition) is 2. The van der Waals surface area contributed by atoms with Gasteiger partial charge in [-0.05, 0) is 25.5 Å². The monoisotopic (exact) mass is 297 g/mol. The topological polar surface area (TPSA) is 105 Å². The first-order valence-electron chi connectivity index (χ1n) is 6.18. The van der Waals surface area contributed by atoms with Crippen LogP contribution in [0.3, 0.4) is 0 Å². The number of pyridine rings is 1. The minimum absolute atomic E-state index is 0.160. The lowest BCUT2D eigenvalue weighted by Gasteiger charge is -2.14. The molecule has 1 aliphatic carbocycles. The van der Waals surface area contributed by atoms with Crippen molar-refractivity contribution in [2.24, 2.45) is 0 Å². The highest BCUT2D eigenvalue weighted by atomic mass is 32.2. The Balaban J connectivity index is 2.19. The molecule has 2 N–H and O–H groups in total. The molecular formula is C12H15N3O4S. The van der Waals surface area contributed by atoms with Crippen LogP contribution in [0, 0.1) is 10.1 Å². The Morgan fingerprint density at radius 2 is 2.35 bits per heavy atom. The Morgan fingerprint density at radius 1 is 1.60 bits per heavy atom. The molecule has 108 valence electrons. The molecule has 1 saturated carbocycles. The molecule has 1 aliphatic rings. The molecule has 0 saturated heterocycles. The van der Waals surface area contributed by atoms with Gasteiger partial charge in [-0.3, -0.25) is 10.1 Å². The maximum absolute atomic E-state index is 11.2. The van der Waals surface area contributed by atoms with Gasteiger partial charge in [-0.25, -0.2) is 9.78 Å². The molecule has 0 aliphatic heterocycles. The molecule has 0 spiro atoms. The van der Waals surface area contributed by atoms with Crippen molar-refractivity contribution in [2.45, 2.75) is 30.6 Å². The van der Waals surface area contributed by atoms with Gasteiger partial charge in [0.2, 0.25) is 0 Å². The largest absolute Gasteiger partial charge is 0.478 e. The van der Waals surface area contributed by atoms with E-state index in [0.717, 1.165) is 31.5 Å². The highest BCUT2D eigenvalue weighted by Gasteiger charge is 2.26. The maximum atomic E-state index is 11.2. The van der Waals surface area contributed by atoms with Gasteiger partial charge in [-0.1, -0.05) is 0 Å². The molecule has 1 aromatic rings. The van der Waals surface area contributed by atoms with Crippen LogP contribution in [-0.4, -0.2) is 38.5 Å². The third kappa shape index (κ3) is 3.19. The fourth-order valence-electron chi connectivity index (χ4n) is 2.31. The fourth-order valence-corrected chi connectivity index (χ4v) is 3.11. The Bertz CT molecular complexity index is 537. The molecule has 0 amide bonds. The summed E-state index contributed by atoms with van der Waals surface area (Å²) < 4.78 is 0. The number of carboxylic acids is 1. The van der Waals surface area contributed by atoms with Gasteiger partial charge < -0.3 is 10.4 Å². The van der Waals surface area contributed by atoms with Crippen LogP contribution in [-0.2, 0) is 0 Å². The van der Waals surface area contributed by atoms with Crippen molar-refractivity contribution in [3.05, 3.63) is 27.9 Å². The van der Waals surface area contributed by atoms with E-state index in [1.165, 1.54) is 0 Å². The van der Waals surface area contributed by atoms with E-state index >= 15 is 0 Å². The average Bonchev–Trinajstić information content (AvgIpc) is 2.86. The molecule has 1 heterocycles. The van der Waals surface area contributed by atoms with Gasteiger partial charge in [-0.2, -0.15) is 11.8 Å². The molecule has 2 atom stereocenters. The van der Waals surface area contributed by atoms with Crippen molar-refractivity contribution < 1.29 is 14.8 Å². The molecule has 7 nitrogen and oxygen atoms in total. The van der Waals surface area contributed by atoms with Gasteiger partial charge >= 0.3 is 5.97 Å². The van der Waals surface area contributed by atoms with Crippen LogP contribution in [0.15, 0.2) is 12.3 Å². The predicted molar refractivity (Wildman–Crippen MR) is 76.4 cm³/mol. The van der Waals surface area contributed by atoms with Crippen LogP contribution in [0.25, 0.3) is 0 Å². The Hall–Kier alpha value is -1.83. The van der Waals surface area contributed by atoms with Crippen LogP contribution in [0.2, 0.25) is 0 Å². The van der Waals surface area contributed by atoms with Crippen LogP contribution < -0.4 is 5.32 Å². The van der Waals surface area contributed by atoms with Gasteiger partial charge in [0.15, 0.2) is 0 Å². The van der Waals surface area contributed by atoms with Crippen molar-refractivity contribution in [2.75, 3.05) is 11.6 Å². The lowest BCUT2D eigenvalue weighted by atomic mass is 10.2. The number of hydrogen-bond acceptors (Lipinski definition) is 6. The van der Waals surface area contributed by atoms with E-state index in [4.69, 9.17) is 5.11 Å². The van der Waals surface area contributed by atoms with Crippen LogP contribution >= 0.6 is 11.8 Å². The van der Waals surface area contributed by atoms with E-state index in [2.05, 4.69) is 16.6 Å². The Labute approximate surface area is 119 Å². The number of carboxylic acid groups (broad SMARTS) is 1. The van der Waals surface area contributed by atoms with E-state index < -0.39 is 10.9 Å². The summed E-state index contributed by atoms with van der Waals surface area (Å²) in [5, 5.41) is 23.5. The highest BCUT2D eigenvalue weighted by Crippen LogP contribution is 2.31. The van der Waals surface area contributed by atoms with Gasteiger partial charge in [0.05, 0.1) is 4.92 Å². The SMILES string of the molecule is CSC1CCC(Nc2ncc([N+](=O)[O-])cc2C(=O)O)C1. The summed E-state index contributed by atoms with van der Waals surface area (Å²) in [6.45, 7) is 0. The number of nitro groups is 1.